The van der Waals surface area contributed by atoms with Crippen LogP contribution in [0.2, 0.25) is 0 Å². The van der Waals surface area contributed by atoms with Crippen LogP contribution in [0.3, 0.4) is 0 Å². The molecule has 0 bridgehead atoms. The summed E-state index contributed by atoms with van der Waals surface area (Å²) in [6, 6.07) is 8.29. The van der Waals surface area contributed by atoms with Crippen LogP contribution in [0, 0.1) is 0 Å². The first-order valence-corrected chi connectivity index (χ1v) is 10.8. The van der Waals surface area contributed by atoms with Gasteiger partial charge >= 0.3 is 0 Å². The maximum Gasteiger partial charge on any atom is 0.256 e. The van der Waals surface area contributed by atoms with E-state index in [2.05, 4.69) is 24.1 Å². The number of carbonyl (C=O) groups is 1. The topological polar surface area (TPSA) is 50.8 Å². The van der Waals surface area contributed by atoms with Gasteiger partial charge in [-0.15, -0.1) is 0 Å². The summed E-state index contributed by atoms with van der Waals surface area (Å²) in [5.41, 5.74) is -0.0317. The first kappa shape index (κ1) is 22.7. The van der Waals surface area contributed by atoms with Crippen molar-refractivity contribution in [1.82, 2.24) is 4.90 Å². The largest absolute Gasteiger partial charge is 0.494 e. The number of methoxy groups -OCH3 is 1. The molecule has 1 aliphatic heterocycles. The predicted octanol–water partition coefficient (Wildman–Crippen LogP) is 4.86. The van der Waals surface area contributed by atoms with Crippen molar-refractivity contribution in [3.8, 4) is 5.75 Å². The van der Waals surface area contributed by atoms with Crippen LogP contribution >= 0.6 is 0 Å². The Hall–Kier alpha value is -1.59. The highest BCUT2D eigenvalue weighted by Gasteiger charge is 2.32. The Labute approximate surface area is 170 Å². The molecule has 0 aromatic heterocycles. The van der Waals surface area contributed by atoms with Crippen LogP contribution in [-0.2, 0) is 9.53 Å². The summed E-state index contributed by atoms with van der Waals surface area (Å²) >= 11 is 0. The lowest BCUT2D eigenvalue weighted by atomic mass is 9.97. The van der Waals surface area contributed by atoms with Crippen molar-refractivity contribution in [3.05, 3.63) is 24.3 Å². The van der Waals surface area contributed by atoms with Crippen molar-refractivity contribution in [1.29, 1.82) is 0 Å². The van der Waals surface area contributed by atoms with E-state index in [9.17, 15) is 4.79 Å². The van der Waals surface area contributed by atoms with Gasteiger partial charge in [0.15, 0.2) is 0 Å². The molecule has 0 radical (unpaired) electrons. The number of carbonyl (C=O) groups excluding carboxylic acids is 1. The number of rotatable bonds is 11. The van der Waals surface area contributed by atoms with Crippen LogP contribution in [0.1, 0.15) is 65.7 Å². The molecular weight excluding hydrogens is 352 g/mol. The Morgan fingerprint density at radius 3 is 2.64 bits per heavy atom. The lowest BCUT2D eigenvalue weighted by Gasteiger charge is -2.33. The van der Waals surface area contributed by atoms with E-state index in [4.69, 9.17) is 9.47 Å². The van der Waals surface area contributed by atoms with E-state index < -0.39 is 5.60 Å². The number of unbranched alkanes of at least 4 members (excludes halogenated alkanes) is 1. The standard InChI is InChI=1S/C23H38N2O3/c1-5-6-15-23(3,27-4)22(26)24-20-11-13-21(14-12-20)28-18-9-17-25-16-8-7-10-19(25)2/h11-14,19H,5-10,15-18H2,1-4H3,(H,24,26)/t19-,23+/m0/s1. The third kappa shape index (κ3) is 6.78. The number of ether oxygens (including phenoxy) is 2. The van der Waals surface area contributed by atoms with E-state index in [0.29, 0.717) is 19.1 Å². The van der Waals surface area contributed by atoms with Crippen molar-refractivity contribution < 1.29 is 14.3 Å². The van der Waals surface area contributed by atoms with E-state index in [1.165, 1.54) is 25.8 Å². The van der Waals surface area contributed by atoms with Crippen LogP contribution in [-0.4, -0.2) is 49.3 Å². The summed E-state index contributed by atoms with van der Waals surface area (Å²) in [4.78, 5) is 15.1. The number of hydrogen-bond donors (Lipinski definition) is 1. The SMILES string of the molecule is CCCC[C@@](C)(OC)C(=O)Nc1ccc(OCCCN2CCCC[C@@H]2C)cc1. The smallest absolute Gasteiger partial charge is 0.256 e. The average Bonchev–Trinajstić information content (AvgIpc) is 2.71. The molecule has 1 N–H and O–H groups in total. The number of nitrogens with one attached hydrogen (secondary N) is 1. The fraction of sp³-hybridized carbons (Fsp3) is 0.696. The molecule has 1 saturated heterocycles. The molecule has 5 heteroatoms. The zero-order valence-corrected chi connectivity index (χ0v) is 18.1. The summed E-state index contributed by atoms with van der Waals surface area (Å²) in [6.07, 6.45) is 7.73. The van der Waals surface area contributed by atoms with E-state index in [1.54, 1.807) is 7.11 Å². The highest BCUT2D eigenvalue weighted by molar-refractivity contribution is 5.97. The molecule has 0 spiro atoms. The lowest BCUT2D eigenvalue weighted by molar-refractivity contribution is -0.136. The van der Waals surface area contributed by atoms with Gasteiger partial charge in [0, 0.05) is 25.4 Å². The van der Waals surface area contributed by atoms with Gasteiger partial charge in [0.25, 0.3) is 5.91 Å². The van der Waals surface area contributed by atoms with Crippen LogP contribution in [0.5, 0.6) is 5.75 Å². The Bertz CT molecular complexity index is 590. The highest BCUT2D eigenvalue weighted by atomic mass is 16.5. The second-order valence-corrected chi connectivity index (χ2v) is 8.10. The molecule has 2 atom stereocenters. The molecule has 0 saturated carbocycles. The van der Waals surface area contributed by atoms with E-state index in [0.717, 1.165) is 37.2 Å². The van der Waals surface area contributed by atoms with Crippen molar-refractivity contribution in [3.63, 3.8) is 0 Å². The van der Waals surface area contributed by atoms with Crippen LogP contribution in [0.4, 0.5) is 5.69 Å². The van der Waals surface area contributed by atoms with Gasteiger partial charge in [-0.2, -0.15) is 0 Å². The van der Waals surface area contributed by atoms with E-state index in [-0.39, 0.29) is 5.91 Å². The van der Waals surface area contributed by atoms with Crippen LogP contribution in [0.15, 0.2) is 24.3 Å². The van der Waals surface area contributed by atoms with Crippen LogP contribution in [0.25, 0.3) is 0 Å². The fourth-order valence-corrected chi connectivity index (χ4v) is 3.67. The number of benzene rings is 1. The number of nitrogens with zero attached hydrogens (tertiary/aromatic N) is 1. The number of anilines is 1. The Kier molecular flexibility index (Phi) is 9.26. The molecule has 1 heterocycles. The maximum atomic E-state index is 12.6. The molecule has 0 unspecified atom stereocenters. The Balaban J connectivity index is 1.75. The number of likely N-dealkylation sites (tertiary alicyclic amines) is 1. The third-order valence-corrected chi connectivity index (χ3v) is 5.85. The molecule has 1 fully saturated rings. The number of piperidine rings is 1. The van der Waals surface area contributed by atoms with Gasteiger partial charge in [0.2, 0.25) is 0 Å². The molecule has 158 valence electrons. The zero-order valence-electron chi connectivity index (χ0n) is 18.1. The van der Waals surface area contributed by atoms with Gasteiger partial charge in [-0.1, -0.05) is 26.2 Å². The minimum absolute atomic E-state index is 0.104. The quantitative estimate of drug-likeness (QED) is 0.548. The van der Waals surface area contributed by atoms with E-state index in [1.807, 2.05) is 31.2 Å². The zero-order chi connectivity index (χ0) is 20.4. The third-order valence-electron chi connectivity index (χ3n) is 5.85. The Morgan fingerprint density at radius 1 is 1.25 bits per heavy atom. The molecule has 2 rings (SSSR count). The lowest BCUT2D eigenvalue weighted by Crippen LogP contribution is -2.41. The molecule has 0 aliphatic carbocycles. The molecule has 1 amide bonds. The summed E-state index contributed by atoms with van der Waals surface area (Å²) in [7, 11) is 1.59. The summed E-state index contributed by atoms with van der Waals surface area (Å²) in [5, 5.41) is 2.96. The van der Waals surface area contributed by atoms with E-state index >= 15 is 0 Å². The van der Waals surface area contributed by atoms with Gasteiger partial charge in [-0.25, -0.2) is 0 Å². The Morgan fingerprint density at radius 2 is 2.00 bits per heavy atom. The first-order chi connectivity index (χ1) is 13.5. The number of amides is 1. The highest BCUT2D eigenvalue weighted by Crippen LogP contribution is 2.22. The first-order valence-electron chi connectivity index (χ1n) is 10.8. The molecule has 1 aromatic carbocycles. The average molecular weight is 391 g/mol. The monoisotopic (exact) mass is 390 g/mol. The molecule has 28 heavy (non-hydrogen) atoms. The van der Waals surface area contributed by atoms with Crippen molar-refractivity contribution in [2.45, 2.75) is 77.4 Å². The maximum absolute atomic E-state index is 12.6. The van der Waals surface area contributed by atoms with Gasteiger partial charge in [0.1, 0.15) is 11.4 Å². The van der Waals surface area contributed by atoms with Gasteiger partial charge < -0.3 is 19.7 Å². The second kappa shape index (κ2) is 11.4. The second-order valence-electron chi connectivity index (χ2n) is 8.10. The van der Waals surface area contributed by atoms with Gasteiger partial charge in [-0.05, 0) is 70.3 Å². The van der Waals surface area contributed by atoms with Crippen molar-refractivity contribution in [2.24, 2.45) is 0 Å². The molecule has 5 nitrogen and oxygen atoms in total. The molecule has 1 aliphatic rings. The molecular formula is C23H38N2O3. The van der Waals surface area contributed by atoms with Crippen LogP contribution < -0.4 is 10.1 Å². The minimum Gasteiger partial charge on any atom is -0.494 e. The molecule has 1 aromatic rings. The minimum atomic E-state index is -0.795. The van der Waals surface area contributed by atoms with Crippen molar-refractivity contribution >= 4 is 11.6 Å². The normalized spacial score (nSPS) is 19.8. The van der Waals surface area contributed by atoms with Gasteiger partial charge in [0.05, 0.1) is 6.61 Å². The van der Waals surface area contributed by atoms with Crippen molar-refractivity contribution in [2.75, 3.05) is 32.1 Å². The summed E-state index contributed by atoms with van der Waals surface area (Å²) in [6.45, 7) is 9.31. The summed E-state index contributed by atoms with van der Waals surface area (Å²) in [5.74, 6) is 0.734. The summed E-state index contributed by atoms with van der Waals surface area (Å²) < 4.78 is 11.3. The van der Waals surface area contributed by atoms with Gasteiger partial charge in [-0.3, -0.25) is 4.79 Å². The predicted molar refractivity (Wildman–Crippen MR) is 115 cm³/mol. The number of hydrogen-bond acceptors (Lipinski definition) is 4. The fourth-order valence-electron chi connectivity index (χ4n) is 3.67.